The van der Waals surface area contributed by atoms with Crippen LogP contribution in [0.25, 0.3) is 0 Å². The fraction of sp³-hybridized carbons (Fsp3) is 0.800. The van der Waals surface area contributed by atoms with Gasteiger partial charge in [0.2, 0.25) is 0 Å². The van der Waals surface area contributed by atoms with Crippen molar-refractivity contribution in [3.8, 4) is 0 Å². The molecule has 5 heteroatoms. The van der Waals surface area contributed by atoms with Gasteiger partial charge in [-0.1, -0.05) is 50.8 Å². The molecule has 5 atom stereocenters. The molecule has 0 aromatic carbocycles. The molecule has 0 saturated heterocycles. The number of aliphatic carboxylic acids is 1. The smallest absolute Gasteiger partial charge is 0.303 e. The zero-order valence-corrected chi connectivity index (χ0v) is 18.5. The second-order valence-corrected chi connectivity index (χ2v) is 9.52. The predicted octanol–water partition coefficient (Wildman–Crippen LogP) is 4.62. The minimum Gasteiger partial charge on any atom is -0.481 e. The molecule has 0 radical (unpaired) electrons. The lowest BCUT2D eigenvalue weighted by Gasteiger charge is -2.58. The molecule has 3 aliphatic carbocycles. The van der Waals surface area contributed by atoms with Crippen LogP contribution in [0.2, 0.25) is 0 Å². The summed E-state index contributed by atoms with van der Waals surface area (Å²) >= 11 is 0. The van der Waals surface area contributed by atoms with Crippen molar-refractivity contribution in [2.24, 2.45) is 17.8 Å². The van der Waals surface area contributed by atoms with Crippen molar-refractivity contribution in [3.05, 3.63) is 23.8 Å². The molecule has 5 nitrogen and oxygen atoms in total. The summed E-state index contributed by atoms with van der Waals surface area (Å²) in [5.74, 6) is -0.256. The van der Waals surface area contributed by atoms with E-state index < -0.39 is 18.2 Å². The average molecular weight is 421 g/mol. The Bertz CT molecular complexity index is 621. The van der Waals surface area contributed by atoms with Gasteiger partial charge < -0.3 is 20.1 Å². The van der Waals surface area contributed by atoms with Gasteiger partial charge in [0.25, 0.3) is 0 Å². The third kappa shape index (κ3) is 5.35. The topological polar surface area (TPSA) is 87.0 Å². The Morgan fingerprint density at radius 3 is 2.73 bits per heavy atom. The van der Waals surface area contributed by atoms with Crippen LogP contribution in [-0.2, 0) is 9.53 Å². The van der Waals surface area contributed by atoms with E-state index in [2.05, 4.69) is 19.1 Å². The van der Waals surface area contributed by atoms with Crippen LogP contribution in [0.3, 0.4) is 0 Å². The molecule has 0 heterocycles. The number of hydrogen-bond acceptors (Lipinski definition) is 4. The van der Waals surface area contributed by atoms with Crippen LogP contribution < -0.4 is 0 Å². The van der Waals surface area contributed by atoms with E-state index in [1.54, 1.807) is 0 Å². The van der Waals surface area contributed by atoms with Crippen molar-refractivity contribution < 1.29 is 24.9 Å². The molecule has 3 fully saturated rings. The Hall–Kier alpha value is -1.17. The third-order valence-corrected chi connectivity index (χ3v) is 7.57. The summed E-state index contributed by atoms with van der Waals surface area (Å²) in [7, 11) is 0. The van der Waals surface area contributed by atoms with E-state index in [-0.39, 0.29) is 23.9 Å². The van der Waals surface area contributed by atoms with Crippen LogP contribution in [0.15, 0.2) is 23.8 Å². The largest absolute Gasteiger partial charge is 0.481 e. The number of aliphatic hydroxyl groups excluding tert-OH is 2. The van der Waals surface area contributed by atoms with Crippen molar-refractivity contribution in [1.29, 1.82) is 0 Å². The number of carboxylic acids is 1. The van der Waals surface area contributed by atoms with Gasteiger partial charge in [-0.15, -0.1) is 0 Å². The van der Waals surface area contributed by atoms with E-state index >= 15 is 0 Å². The van der Waals surface area contributed by atoms with Crippen molar-refractivity contribution in [3.63, 3.8) is 0 Å². The van der Waals surface area contributed by atoms with Crippen LogP contribution in [0.5, 0.6) is 0 Å². The monoisotopic (exact) mass is 420 g/mol. The molecule has 0 spiro atoms. The van der Waals surface area contributed by atoms with Crippen LogP contribution in [-0.4, -0.2) is 45.7 Å². The van der Waals surface area contributed by atoms with Crippen LogP contribution in [0.4, 0.5) is 0 Å². The first-order valence-corrected chi connectivity index (χ1v) is 12.1. The zero-order chi connectivity index (χ0) is 21.6. The number of hydrogen-bond donors (Lipinski definition) is 3. The molecule has 3 saturated carbocycles. The molecule has 3 aliphatic rings. The fourth-order valence-corrected chi connectivity index (χ4v) is 5.73. The molecule has 170 valence electrons. The molecule has 1 unspecified atom stereocenters. The second kappa shape index (κ2) is 10.9. The van der Waals surface area contributed by atoms with Crippen LogP contribution in [0, 0.1) is 17.8 Å². The molecule has 3 N–H and O–H groups in total. The van der Waals surface area contributed by atoms with E-state index in [0.717, 1.165) is 38.5 Å². The summed E-state index contributed by atoms with van der Waals surface area (Å²) in [5, 5.41) is 30.4. The molecule has 30 heavy (non-hydrogen) atoms. The predicted molar refractivity (Wildman–Crippen MR) is 117 cm³/mol. The normalized spacial score (nSPS) is 34.6. The number of carboxylic acid groups (broad SMARTS) is 1. The third-order valence-electron chi connectivity index (χ3n) is 7.57. The Balaban J connectivity index is 1.71. The first kappa shape index (κ1) is 23.5. The first-order chi connectivity index (χ1) is 14.5. The van der Waals surface area contributed by atoms with Gasteiger partial charge in [-0.2, -0.15) is 0 Å². The minimum atomic E-state index is -0.778. The van der Waals surface area contributed by atoms with Crippen LogP contribution >= 0.6 is 0 Å². The maximum absolute atomic E-state index is 10.9. The second-order valence-electron chi connectivity index (χ2n) is 9.52. The van der Waals surface area contributed by atoms with Crippen molar-refractivity contribution in [2.75, 3.05) is 6.61 Å². The maximum atomic E-state index is 10.9. The van der Waals surface area contributed by atoms with Crippen molar-refractivity contribution >= 4 is 5.97 Å². The highest BCUT2D eigenvalue weighted by molar-refractivity contribution is 5.66. The van der Waals surface area contributed by atoms with Gasteiger partial charge in [0, 0.05) is 24.9 Å². The number of ether oxygens (including phenoxy) is 1. The lowest BCUT2D eigenvalue weighted by atomic mass is 9.53. The van der Waals surface area contributed by atoms with E-state index in [1.807, 2.05) is 6.08 Å². The Labute approximate surface area is 181 Å². The van der Waals surface area contributed by atoms with Gasteiger partial charge in [-0.25, -0.2) is 0 Å². The summed E-state index contributed by atoms with van der Waals surface area (Å²) in [6.45, 7) is 2.84. The number of carbonyl (C=O) groups is 1. The maximum Gasteiger partial charge on any atom is 0.303 e. The van der Waals surface area contributed by atoms with Crippen LogP contribution in [0.1, 0.15) is 84.0 Å². The lowest BCUT2D eigenvalue weighted by Crippen LogP contribution is -2.60. The first-order valence-electron chi connectivity index (χ1n) is 12.1. The molecular weight excluding hydrogens is 380 g/mol. The number of unbranched alkanes of at least 4 members (excludes halogenated alkanes) is 1. The molecule has 0 aliphatic heterocycles. The van der Waals surface area contributed by atoms with E-state index in [1.165, 1.54) is 24.8 Å². The van der Waals surface area contributed by atoms with Crippen molar-refractivity contribution in [2.45, 2.75) is 102 Å². The Kier molecular flexibility index (Phi) is 8.55. The number of rotatable bonds is 10. The summed E-state index contributed by atoms with van der Waals surface area (Å²) < 4.78 is 6.46. The van der Waals surface area contributed by atoms with E-state index in [4.69, 9.17) is 9.84 Å². The number of aliphatic hydroxyl groups is 2. The molecule has 0 bridgehead atoms. The highest BCUT2D eigenvalue weighted by Gasteiger charge is 2.58. The van der Waals surface area contributed by atoms with Crippen molar-refractivity contribution in [1.82, 2.24) is 0 Å². The highest BCUT2D eigenvalue weighted by atomic mass is 16.5. The summed E-state index contributed by atoms with van der Waals surface area (Å²) in [6.07, 6.45) is 16.1. The van der Waals surface area contributed by atoms with E-state index in [9.17, 15) is 15.0 Å². The van der Waals surface area contributed by atoms with Gasteiger partial charge in [0.15, 0.2) is 0 Å². The Morgan fingerprint density at radius 2 is 2.03 bits per heavy atom. The summed E-state index contributed by atoms with van der Waals surface area (Å²) in [4.78, 5) is 10.9. The SMILES string of the molecule is CCCCO[C@]12CC[C@@H](O)[C@H](/C=C/C(O)C3CCCCC3)[C@H]1CC2=CCCC(=O)O. The zero-order valence-electron chi connectivity index (χ0n) is 18.5. The summed E-state index contributed by atoms with van der Waals surface area (Å²) in [6, 6.07) is 0. The quantitative estimate of drug-likeness (QED) is 0.355. The van der Waals surface area contributed by atoms with Gasteiger partial charge in [0.1, 0.15) is 0 Å². The van der Waals surface area contributed by atoms with Gasteiger partial charge >= 0.3 is 5.97 Å². The molecule has 3 rings (SSSR count). The highest BCUT2D eigenvalue weighted by Crippen LogP contribution is 2.57. The minimum absolute atomic E-state index is 0.0183. The van der Waals surface area contributed by atoms with E-state index in [0.29, 0.717) is 25.4 Å². The molecule has 0 amide bonds. The van der Waals surface area contributed by atoms with Gasteiger partial charge in [-0.3, -0.25) is 4.79 Å². The lowest BCUT2D eigenvalue weighted by molar-refractivity contribution is -0.158. The van der Waals surface area contributed by atoms with Gasteiger partial charge in [-0.05, 0) is 56.4 Å². The molecule has 0 aromatic rings. The number of fused-ring (bicyclic) bond motifs is 1. The number of allylic oxidation sites excluding steroid dienone is 1. The molecular formula is C25H40O5. The fourth-order valence-electron chi connectivity index (χ4n) is 5.73. The summed E-state index contributed by atoms with van der Waals surface area (Å²) in [5.41, 5.74) is 0.848. The Morgan fingerprint density at radius 1 is 1.27 bits per heavy atom. The van der Waals surface area contributed by atoms with Gasteiger partial charge in [0.05, 0.1) is 17.8 Å². The molecule has 0 aromatic heterocycles. The average Bonchev–Trinajstić information content (AvgIpc) is 2.73. The standard InChI is InChI=1S/C25H40O5/c1-2-3-16-30-25-15-14-23(27)20(12-13-22(26)18-8-5-4-6-9-18)21(25)17-19(25)10-7-11-24(28)29/h10,12-13,18,20-23,26-27H,2-9,11,14-17H2,1H3,(H,28,29)/b13-12+,19-10?/t20-,21-,22?,23-,25+/m1/s1.